The maximum Gasteiger partial charge on any atom is 0.225 e. The lowest BCUT2D eigenvalue weighted by Crippen LogP contribution is -2.17. The third-order valence-electron chi connectivity index (χ3n) is 3.84. The first-order valence-corrected chi connectivity index (χ1v) is 8.19. The quantitative estimate of drug-likeness (QED) is 0.805. The van der Waals surface area contributed by atoms with Gasteiger partial charge in [0.15, 0.2) is 0 Å². The molecule has 5 heteroatoms. The van der Waals surface area contributed by atoms with Gasteiger partial charge in [-0.05, 0) is 38.3 Å². The number of anilines is 1. The molecule has 0 radical (unpaired) electrons. The highest BCUT2D eigenvalue weighted by molar-refractivity contribution is 5.90. The van der Waals surface area contributed by atoms with E-state index in [4.69, 9.17) is 4.74 Å². The molecule has 2 rings (SSSR count). The molecule has 0 fully saturated rings. The van der Waals surface area contributed by atoms with Gasteiger partial charge in [-0.15, -0.1) is 0 Å². The second-order valence-electron chi connectivity index (χ2n) is 5.51. The molecule has 0 saturated carbocycles. The highest BCUT2D eigenvalue weighted by atomic mass is 16.5. The molecular formula is C18H25N3O2. The number of carbonyl (C=O) groups is 1. The van der Waals surface area contributed by atoms with Gasteiger partial charge in [0, 0.05) is 12.5 Å². The van der Waals surface area contributed by atoms with Crippen LogP contribution in [0.3, 0.4) is 0 Å². The van der Waals surface area contributed by atoms with E-state index in [1.807, 2.05) is 41.9 Å². The van der Waals surface area contributed by atoms with Crippen molar-refractivity contribution in [3.05, 3.63) is 42.1 Å². The zero-order valence-electron chi connectivity index (χ0n) is 14.1. The zero-order chi connectivity index (χ0) is 16.7. The number of aromatic nitrogens is 2. The minimum atomic E-state index is -0.0126. The lowest BCUT2D eigenvalue weighted by molar-refractivity contribution is -0.116. The maximum atomic E-state index is 12.2. The van der Waals surface area contributed by atoms with Gasteiger partial charge in [0.25, 0.3) is 0 Å². The summed E-state index contributed by atoms with van der Waals surface area (Å²) in [5.41, 5.74) is 1.06. The number of para-hydroxylation sites is 1. The Labute approximate surface area is 137 Å². The maximum absolute atomic E-state index is 12.2. The van der Waals surface area contributed by atoms with Crippen LogP contribution in [-0.2, 0) is 11.2 Å². The topological polar surface area (TPSA) is 56.1 Å². The fraction of sp³-hybridized carbons (Fsp3) is 0.444. The van der Waals surface area contributed by atoms with Crippen molar-refractivity contribution in [3.63, 3.8) is 0 Å². The van der Waals surface area contributed by atoms with Gasteiger partial charge in [-0.3, -0.25) is 4.79 Å². The number of rotatable bonds is 8. The molecule has 1 aromatic heterocycles. The lowest BCUT2D eigenvalue weighted by Gasteiger charge is -2.14. The van der Waals surface area contributed by atoms with Gasteiger partial charge in [0.2, 0.25) is 5.91 Å². The molecular weight excluding hydrogens is 290 g/mol. The van der Waals surface area contributed by atoms with Gasteiger partial charge in [-0.2, -0.15) is 5.10 Å². The number of benzene rings is 1. The van der Waals surface area contributed by atoms with Crippen LogP contribution < -0.4 is 10.1 Å². The zero-order valence-corrected chi connectivity index (χ0v) is 14.1. The molecule has 1 heterocycles. The molecule has 2 aromatic rings. The Morgan fingerprint density at radius 3 is 2.83 bits per heavy atom. The number of amides is 1. The second-order valence-corrected chi connectivity index (χ2v) is 5.51. The third kappa shape index (κ3) is 4.58. The van der Waals surface area contributed by atoms with E-state index in [2.05, 4.69) is 24.3 Å². The van der Waals surface area contributed by atoms with Crippen molar-refractivity contribution >= 4 is 11.7 Å². The van der Waals surface area contributed by atoms with E-state index >= 15 is 0 Å². The van der Waals surface area contributed by atoms with Gasteiger partial charge < -0.3 is 10.1 Å². The average Bonchev–Trinajstić information content (AvgIpc) is 3.01. The molecule has 5 nitrogen and oxygen atoms in total. The van der Waals surface area contributed by atoms with E-state index < -0.39 is 0 Å². The Hall–Kier alpha value is -2.30. The second kappa shape index (κ2) is 8.36. The number of aryl methyl sites for hydroxylation is 1. The van der Waals surface area contributed by atoms with Crippen LogP contribution >= 0.6 is 0 Å². The summed E-state index contributed by atoms with van der Waals surface area (Å²) < 4.78 is 7.45. The molecule has 124 valence electrons. The van der Waals surface area contributed by atoms with Crippen molar-refractivity contribution in [2.75, 3.05) is 11.9 Å². The molecule has 0 aliphatic rings. The summed E-state index contributed by atoms with van der Waals surface area (Å²) in [6.07, 6.45) is 3.74. The van der Waals surface area contributed by atoms with Crippen molar-refractivity contribution in [2.24, 2.45) is 0 Å². The number of hydrogen-bond donors (Lipinski definition) is 1. The van der Waals surface area contributed by atoms with Crippen LogP contribution in [-0.4, -0.2) is 22.3 Å². The van der Waals surface area contributed by atoms with Crippen molar-refractivity contribution < 1.29 is 9.53 Å². The van der Waals surface area contributed by atoms with Gasteiger partial charge >= 0.3 is 0 Å². The smallest absolute Gasteiger partial charge is 0.225 e. The molecule has 23 heavy (non-hydrogen) atoms. The first kappa shape index (κ1) is 17.1. The molecule has 1 atom stereocenters. The summed E-state index contributed by atoms with van der Waals surface area (Å²) in [6.45, 7) is 6.76. The highest BCUT2D eigenvalue weighted by Crippen LogP contribution is 2.20. The minimum absolute atomic E-state index is 0.0126. The molecule has 1 N–H and O–H groups in total. The van der Waals surface area contributed by atoms with Gasteiger partial charge in [-0.1, -0.05) is 25.1 Å². The average molecular weight is 315 g/mol. The first-order chi connectivity index (χ1) is 11.2. The normalized spacial score (nSPS) is 12.0. The van der Waals surface area contributed by atoms with E-state index in [0.29, 0.717) is 19.4 Å². The number of nitrogens with one attached hydrogen (secondary N) is 1. The van der Waals surface area contributed by atoms with Crippen molar-refractivity contribution in [2.45, 2.75) is 46.1 Å². The van der Waals surface area contributed by atoms with E-state index in [0.717, 1.165) is 23.6 Å². The highest BCUT2D eigenvalue weighted by Gasteiger charge is 2.12. The monoisotopic (exact) mass is 315 g/mol. The van der Waals surface area contributed by atoms with Crippen molar-refractivity contribution in [1.29, 1.82) is 0 Å². The summed E-state index contributed by atoms with van der Waals surface area (Å²) in [6, 6.07) is 9.95. The molecule has 0 saturated heterocycles. The molecule has 0 spiro atoms. The van der Waals surface area contributed by atoms with Gasteiger partial charge in [0.1, 0.15) is 11.6 Å². The number of ether oxygens (including phenoxy) is 1. The SMILES string of the molecule is CCOc1ccccc1CCC(=O)Nc1ccnn1C(C)CC. The van der Waals surface area contributed by atoms with Gasteiger partial charge in [-0.25, -0.2) is 4.68 Å². The molecule has 0 bridgehead atoms. The van der Waals surface area contributed by atoms with Crippen LogP contribution in [0.2, 0.25) is 0 Å². The largest absolute Gasteiger partial charge is 0.494 e. The molecule has 1 aromatic carbocycles. The predicted molar refractivity (Wildman–Crippen MR) is 91.8 cm³/mol. The van der Waals surface area contributed by atoms with E-state index in [-0.39, 0.29) is 11.9 Å². The van der Waals surface area contributed by atoms with Crippen LogP contribution in [0.25, 0.3) is 0 Å². The molecule has 0 aliphatic carbocycles. The number of hydrogen-bond acceptors (Lipinski definition) is 3. The summed E-state index contributed by atoms with van der Waals surface area (Å²) in [5, 5.41) is 7.23. The van der Waals surface area contributed by atoms with Crippen LogP contribution in [0.4, 0.5) is 5.82 Å². The number of carbonyl (C=O) groups excluding carboxylic acids is 1. The Morgan fingerprint density at radius 1 is 1.30 bits per heavy atom. The van der Waals surface area contributed by atoms with Gasteiger partial charge in [0.05, 0.1) is 18.8 Å². The Morgan fingerprint density at radius 2 is 2.09 bits per heavy atom. The Kier molecular flexibility index (Phi) is 6.20. The Bertz CT molecular complexity index is 637. The fourth-order valence-electron chi connectivity index (χ4n) is 2.40. The van der Waals surface area contributed by atoms with E-state index in [9.17, 15) is 4.79 Å². The number of nitrogens with zero attached hydrogens (tertiary/aromatic N) is 2. The van der Waals surface area contributed by atoms with Crippen LogP contribution in [0.1, 0.15) is 45.2 Å². The summed E-state index contributed by atoms with van der Waals surface area (Å²) in [7, 11) is 0. The predicted octanol–water partition coefficient (Wildman–Crippen LogP) is 3.82. The van der Waals surface area contributed by atoms with Crippen LogP contribution in [0.15, 0.2) is 36.5 Å². The standard InChI is InChI=1S/C18H25N3O2/c1-4-14(3)21-17(12-13-19-21)20-18(22)11-10-15-8-6-7-9-16(15)23-5-2/h6-9,12-14H,4-5,10-11H2,1-3H3,(H,20,22). The lowest BCUT2D eigenvalue weighted by atomic mass is 10.1. The van der Waals surface area contributed by atoms with Crippen molar-refractivity contribution in [1.82, 2.24) is 9.78 Å². The van der Waals surface area contributed by atoms with E-state index in [1.54, 1.807) is 6.20 Å². The van der Waals surface area contributed by atoms with Crippen LogP contribution in [0, 0.1) is 0 Å². The first-order valence-electron chi connectivity index (χ1n) is 8.19. The Balaban J connectivity index is 1.95. The minimum Gasteiger partial charge on any atom is -0.494 e. The molecule has 0 aliphatic heterocycles. The van der Waals surface area contributed by atoms with Crippen LogP contribution in [0.5, 0.6) is 5.75 Å². The summed E-state index contributed by atoms with van der Waals surface area (Å²) in [4.78, 5) is 12.2. The van der Waals surface area contributed by atoms with Crippen molar-refractivity contribution in [3.8, 4) is 5.75 Å². The third-order valence-corrected chi connectivity index (χ3v) is 3.84. The summed E-state index contributed by atoms with van der Waals surface area (Å²) >= 11 is 0. The fourth-order valence-corrected chi connectivity index (χ4v) is 2.40. The summed E-state index contributed by atoms with van der Waals surface area (Å²) in [5.74, 6) is 1.59. The van der Waals surface area contributed by atoms with E-state index in [1.165, 1.54) is 0 Å². The molecule has 1 amide bonds. The molecule has 1 unspecified atom stereocenters.